The van der Waals surface area contributed by atoms with E-state index in [4.69, 9.17) is 14.6 Å². The van der Waals surface area contributed by atoms with Crippen molar-refractivity contribution in [3.05, 3.63) is 23.8 Å². The Hall–Kier alpha value is -2.28. The quantitative estimate of drug-likeness (QED) is 0.599. The van der Waals surface area contributed by atoms with E-state index in [1.54, 1.807) is 6.07 Å². The topological polar surface area (TPSA) is 105 Å². The predicted octanol–water partition coefficient (Wildman–Crippen LogP) is -0.0636. The summed E-state index contributed by atoms with van der Waals surface area (Å²) >= 11 is 0. The van der Waals surface area contributed by atoms with E-state index in [0.717, 1.165) is 0 Å². The first-order valence-electron chi connectivity index (χ1n) is 5.37. The molecule has 1 aromatic carbocycles. The maximum atomic E-state index is 11.0. The van der Waals surface area contributed by atoms with Crippen molar-refractivity contribution in [1.82, 2.24) is 5.32 Å². The second kappa shape index (κ2) is 6.60. The predicted molar refractivity (Wildman–Crippen MR) is 65.1 cm³/mol. The smallest absolute Gasteiger partial charge is 0.329 e. The number of hydrogen-bond donors (Lipinski definition) is 3. The molecule has 0 radical (unpaired) electrons. The number of hydrogen-bond acceptors (Lipinski definition) is 5. The van der Waals surface area contributed by atoms with Crippen LogP contribution in [0.1, 0.15) is 11.7 Å². The van der Waals surface area contributed by atoms with Crippen LogP contribution in [-0.2, 0) is 9.59 Å². The maximum Gasteiger partial charge on any atom is 0.329 e. The van der Waals surface area contributed by atoms with Crippen LogP contribution in [0.15, 0.2) is 18.2 Å². The summed E-state index contributed by atoms with van der Waals surface area (Å²) < 4.78 is 10.1. The fraction of sp³-hybridized carbons (Fsp3) is 0.333. The minimum atomic E-state index is -1.47. The first-order valence-corrected chi connectivity index (χ1v) is 5.37. The van der Waals surface area contributed by atoms with Gasteiger partial charge in [0.05, 0.1) is 14.2 Å². The number of benzene rings is 1. The molecule has 2 atom stereocenters. The summed E-state index contributed by atoms with van der Waals surface area (Å²) in [6, 6.07) is 3.12. The van der Waals surface area contributed by atoms with E-state index >= 15 is 0 Å². The van der Waals surface area contributed by atoms with E-state index in [1.165, 1.54) is 26.4 Å². The highest BCUT2D eigenvalue weighted by atomic mass is 16.5. The van der Waals surface area contributed by atoms with Crippen LogP contribution in [0.25, 0.3) is 0 Å². The molecular formula is C12H15NO6. The van der Waals surface area contributed by atoms with Crippen molar-refractivity contribution in [2.24, 2.45) is 0 Å². The Balaban J connectivity index is 3.17. The third kappa shape index (κ3) is 3.35. The van der Waals surface area contributed by atoms with Crippen LogP contribution in [0.3, 0.4) is 0 Å². The molecule has 1 amide bonds. The van der Waals surface area contributed by atoms with Crippen molar-refractivity contribution in [2.75, 3.05) is 14.2 Å². The van der Waals surface area contributed by atoms with Gasteiger partial charge >= 0.3 is 5.97 Å². The number of carboxylic acid groups (broad SMARTS) is 1. The number of aliphatic carboxylic acids is 1. The largest absolute Gasteiger partial charge is 0.497 e. The second-order valence-corrected chi connectivity index (χ2v) is 3.65. The van der Waals surface area contributed by atoms with Crippen LogP contribution in [-0.4, -0.2) is 42.9 Å². The van der Waals surface area contributed by atoms with Crippen LogP contribution in [0.5, 0.6) is 11.5 Å². The van der Waals surface area contributed by atoms with Crippen molar-refractivity contribution in [3.63, 3.8) is 0 Å². The molecule has 0 heterocycles. The van der Waals surface area contributed by atoms with Gasteiger partial charge < -0.3 is 25.0 Å². The minimum Gasteiger partial charge on any atom is -0.497 e. The number of aliphatic hydroxyl groups is 1. The molecule has 0 saturated carbocycles. The normalized spacial score (nSPS) is 13.2. The van der Waals surface area contributed by atoms with E-state index in [9.17, 15) is 14.7 Å². The molecule has 7 heteroatoms. The summed E-state index contributed by atoms with van der Waals surface area (Å²) in [5, 5.41) is 21.1. The average molecular weight is 269 g/mol. The number of nitrogens with one attached hydrogen (secondary N) is 1. The van der Waals surface area contributed by atoms with Crippen LogP contribution >= 0.6 is 0 Å². The van der Waals surface area contributed by atoms with Gasteiger partial charge in [-0.1, -0.05) is 0 Å². The average Bonchev–Trinajstić information content (AvgIpc) is 2.42. The molecule has 0 saturated heterocycles. The van der Waals surface area contributed by atoms with Gasteiger partial charge in [0.15, 0.2) is 6.04 Å². The van der Waals surface area contributed by atoms with Crippen molar-refractivity contribution in [3.8, 4) is 11.5 Å². The number of ether oxygens (including phenoxy) is 2. The van der Waals surface area contributed by atoms with Crippen molar-refractivity contribution in [2.45, 2.75) is 12.1 Å². The molecule has 19 heavy (non-hydrogen) atoms. The van der Waals surface area contributed by atoms with Gasteiger partial charge in [0.1, 0.15) is 17.6 Å². The van der Waals surface area contributed by atoms with Crippen molar-refractivity contribution < 1.29 is 29.3 Å². The lowest BCUT2D eigenvalue weighted by Gasteiger charge is -2.21. The number of rotatable bonds is 7. The van der Waals surface area contributed by atoms with Gasteiger partial charge in [-0.15, -0.1) is 0 Å². The number of amides is 1. The minimum absolute atomic E-state index is 0.212. The Labute approximate surface area is 109 Å². The molecule has 1 rings (SSSR count). The molecule has 0 aliphatic heterocycles. The van der Waals surface area contributed by atoms with E-state index in [0.29, 0.717) is 11.5 Å². The third-order valence-corrected chi connectivity index (χ3v) is 2.58. The molecule has 0 aliphatic rings. The van der Waals surface area contributed by atoms with Crippen LogP contribution in [0.2, 0.25) is 0 Å². The Morgan fingerprint density at radius 2 is 2.05 bits per heavy atom. The summed E-state index contributed by atoms with van der Waals surface area (Å²) in [7, 11) is 2.83. The lowest BCUT2D eigenvalue weighted by Crippen LogP contribution is -2.41. The zero-order valence-corrected chi connectivity index (χ0v) is 10.5. The number of carbonyl (C=O) groups excluding carboxylic acids is 1. The first-order chi connectivity index (χ1) is 9.04. The SMILES string of the molecule is COc1ccc(OC)c(C(O)C(NC=O)C(=O)O)c1. The van der Waals surface area contributed by atoms with Gasteiger partial charge in [0.25, 0.3) is 0 Å². The number of carbonyl (C=O) groups is 2. The molecule has 0 aromatic heterocycles. The fourth-order valence-corrected chi connectivity index (χ4v) is 1.62. The third-order valence-electron chi connectivity index (χ3n) is 2.58. The summed E-state index contributed by atoms with van der Waals surface area (Å²) in [5.74, 6) is -0.623. The standard InChI is InChI=1S/C12H15NO6/c1-18-7-3-4-9(19-2)8(5-7)11(15)10(12(16)17)13-6-14/h3-6,10-11,15H,1-2H3,(H,13,14)(H,16,17). The molecule has 0 fully saturated rings. The van der Waals surface area contributed by atoms with Gasteiger partial charge in [-0.3, -0.25) is 4.79 Å². The lowest BCUT2D eigenvalue weighted by molar-refractivity contribution is -0.143. The lowest BCUT2D eigenvalue weighted by atomic mass is 10.0. The zero-order valence-electron chi connectivity index (χ0n) is 10.5. The Morgan fingerprint density at radius 3 is 2.53 bits per heavy atom. The van der Waals surface area contributed by atoms with Gasteiger partial charge in [-0.2, -0.15) is 0 Å². The highest BCUT2D eigenvalue weighted by molar-refractivity contribution is 5.77. The number of aliphatic hydroxyl groups excluding tert-OH is 1. The van der Waals surface area contributed by atoms with Gasteiger partial charge in [0, 0.05) is 5.56 Å². The Morgan fingerprint density at radius 1 is 1.37 bits per heavy atom. The maximum absolute atomic E-state index is 11.0. The fourth-order valence-electron chi connectivity index (χ4n) is 1.62. The molecular weight excluding hydrogens is 254 g/mol. The highest BCUT2D eigenvalue weighted by Crippen LogP contribution is 2.31. The molecule has 3 N–H and O–H groups in total. The second-order valence-electron chi connectivity index (χ2n) is 3.65. The van der Waals surface area contributed by atoms with Crippen LogP contribution in [0, 0.1) is 0 Å². The Kier molecular flexibility index (Phi) is 5.13. The Bertz CT molecular complexity index is 462. The van der Waals surface area contributed by atoms with E-state index in [-0.39, 0.29) is 12.0 Å². The highest BCUT2D eigenvalue weighted by Gasteiger charge is 2.29. The summed E-state index contributed by atoms with van der Waals surface area (Å²) in [5.41, 5.74) is 0.212. The molecule has 1 aromatic rings. The molecule has 0 spiro atoms. The molecule has 0 aliphatic carbocycles. The van der Waals surface area contributed by atoms with Gasteiger partial charge in [-0.25, -0.2) is 4.79 Å². The molecule has 7 nitrogen and oxygen atoms in total. The van der Waals surface area contributed by atoms with E-state index < -0.39 is 18.1 Å². The van der Waals surface area contributed by atoms with E-state index in [1.807, 2.05) is 5.32 Å². The van der Waals surface area contributed by atoms with E-state index in [2.05, 4.69) is 0 Å². The first kappa shape index (κ1) is 14.8. The molecule has 2 unspecified atom stereocenters. The van der Waals surface area contributed by atoms with Crippen LogP contribution < -0.4 is 14.8 Å². The monoisotopic (exact) mass is 269 g/mol. The van der Waals surface area contributed by atoms with Gasteiger partial charge in [0.2, 0.25) is 6.41 Å². The van der Waals surface area contributed by atoms with Crippen molar-refractivity contribution >= 4 is 12.4 Å². The molecule has 0 bridgehead atoms. The summed E-state index contributed by atoms with van der Waals surface area (Å²) in [6.07, 6.45) is -1.25. The van der Waals surface area contributed by atoms with Crippen molar-refractivity contribution in [1.29, 1.82) is 0 Å². The number of methoxy groups -OCH3 is 2. The number of carboxylic acids is 1. The summed E-state index contributed by atoms with van der Waals surface area (Å²) in [4.78, 5) is 21.4. The van der Waals surface area contributed by atoms with Crippen LogP contribution in [0.4, 0.5) is 0 Å². The summed E-state index contributed by atoms with van der Waals surface area (Å²) in [6.45, 7) is 0. The zero-order chi connectivity index (χ0) is 14.4. The van der Waals surface area contributed by atoms with Gasteiger partial charge in [-0.05, 0) is 18.2 Å². The molecule has 104 valence electrons.